The van der Waals surface area contributed by atoms with Gasteiger partial charge in [-0.25, -0.2) is 13.4 Å². The lowest BCUT2D eigenvalue weighted by molar-refractivity contribution is -0.137. The fourth-order valence-corrected chi connectivity index (χ4v) is 5.34. The van der Waals surface area contributed by atoms with Gasteiger partial charge in [-0.1, -0.05) is 6.92 Å². The molecule has 8 nitrogen and oxygen atoms in total. The Hall–Kier alpha value is -1.62. The zero-order chi connectivity index (χ0) is 20.1. The Balaban J connectivity index is 1.89. The molecule has 0 amide bonds. The van der Waals surface area contributed by atoms with Crippen molar-refractivity contribution >= 4 is 38.8 Å². The second-order valence-electron chi connectivity index (χ2n) is 6.42. The molecule has 0 unspecified atom stereocenters. The molecule has 1 aromatic heterocycles. The predicted octanol–water partition coefficient (Wildman–Crippen LogP) is 1.87. The molecule has 0 N–H and O–H groups in total. The maximum atomic E-state index is 12.9. The fraction of sp³-hybridized carbons (Fsp3) is 0.556. The number of methoxy groups -OCH3 is 1. The number of thioether (sulfide) groups is 1. The molecule has 154 valence electrons. The lowest BCUT2D eigenvalue weighted by Crippen LogP contribution is -2.40. The lowest BCUT2D eigenvalue weighted by atomic mass is 10.3. The van der Waals surface area contributed by atoms with Crippen LogP contribution >= 0.6 is 11.8 Å². The van der Waals surface area contributed by atoms with E-state index in [4.69, 9.17) is 4.74 Å². The summed E-state index contributed by atoms with van der Waals surface area (Å²) in [5.74, 6) is 1.35. The van der Waals surface area contributed by atoms with Crippen molar-refractivity contribution in [3.05, 3.63) is 24.0 Å². The van der Waals surface area contributed by atoms with Gasteiger partial charge in [0.1, 0.15) is 5.82 Å². The van der Waals surface area contributed by atoms with E-state index in [0.29, 0.717) is 37.6 Å². The van der Waals surface area contributed by atoms with Gasteiger partial charge in [0, 0.05) is 19.6 Å². The van der Waals surface area contributed by atoms with Gasteiger partial charge in [0.05, 0.1) is 47.8 Å². The third kappa shape index (κ3) is 4.51. The molecule has 3 rings (SSSR count). The maximum Gasteiger partial charge on any atom is 0.315 e. The fourth-order valence-electron chi connectivity index (χ4n) is 3.12. The minimum atomic E-state index is -3.56. The number of ether oxygens (including phenoxy) is 2. The van der Waals surface area contributed by atoms with Crippen LogP contribution in [0.15, 0.2) is 23.1 Å². The summed E-state index contributed by atoms with van der Waals surface area (Å²) in [7, 11) is -2.20. The number of morpholine rings is 1. The highest BCUT2D eigenvalue weighted by molar-refractivity contribution is 7.99. The molecule has 1 aliphatic rings. The maximum absolute atomic E-state index is 12.9. The van der Waals surface area contributed by atoms with Crippen molar-refractivity contribution in [2.45, 2.75) is 30.5 Å². The first-order valence-electron chi connectivity index (χ1n) is 9.19. The van der Waals surface area contributed by atoms with Gasteiger partial charge >= 0.3 is 5.97 Å². The van der Waals surface area contributed by atoms with E-state index >= 15 is 0 Å². The molecule has 1 aliphatic heterocycles. The Kier molecular flexibility index (Phi) is 6.97. The molecule has 0 bridgehead atoms. The molecule has 1 fully saturated rings. The average molecular weight is 428 g/mol. The largest absolute Gasteiger partial charge is 0.468 e. The third-order valence-corrected chi connectivity index (χ3v) is 7.33. The number of carbonyl (C=O) groups excluding carboxylic acids is 1. The van der Waals surface area contributed by atoms with Crippen LogP contribution in [0.3, 0.4) is 0 Å². The van der Waals surface area contributed by atoms with Gasteiger partial charge in [-0.15, -0.1) is 11.8 Å². The topological polar surface area (TPSA) is 90.7 Å². The number of sulfonamides is 1. The number of rotatable bonds is 8. The van der Waals surface area contributed by atoms with Crippen LogP contribution in [0.25, 0.3) is 11.0 Å². The molecular formula is C18H25N3O5S2. The number of aryl methyl sites for hydroxylation is 1. The molecule has 0 radical (unpaired) electrons. The first kappa shape index (κ1) is 21.1. The van der Waals surface area contributed by atoms with E-state index in [1.165, 1.54) is 23.2 Å². The van der Waals surface area contributed by atoms with Crippen LogP contribution < -0.4 is 0 Å². The first-order valence-corrected chi connectivity index (χ1v) is 11.8. The Morgan fingerprint density at radius 1 is 1.32 bits per heavy atom. The number of nitrogens with zero attached hydrogens (tertiary/aromatic N) is 3. The summed E-state index contributed by atoms with van der Waals surface area (Å²) in [5, 5.41) is 0. The minimum absolute atomic E-state index is 0.247. The molecule has 0 atom stereocenters. The molecular weight excluding hydrogens is 402 g/mol. The Labute approximate surface area is 169 Å². The van der Waals surface area contributed by atoms with Crippen LogP contribution in [0.2, 0.25) is 0 Å². The number of benzene rings is 1. The van der Waals surface area contributed by atoms with Gasteiger partial charge in [-0.3, -0.25) is 4.79 Å². The van der Waals surface area contributed by atoms with Gasteiger partial charge in [-0.05, 0) is 24.6 Å². The summed E-state index contributed by atoms with van der Waals surface area (Å²) in [6, 6.07) is 5.10. The standard InChI is InChI=1S/C18H25N3O5S2/c1-3-6-21-16-5-4-14(28(23,24)20-7-9-26-10-8-20)11-15(16)19-17(21)12-27-13-18(22)25-2/h4-5,11H,3,6-10,12-13H2,1-2H3. The minimum Gasteiger partial charge on any atom is -0.468 e. The highest BCUT2D eigenvalue weighted by atomic mass is 32.2. The van der Waals surface area contributed by atoms with Crippen molar-refractivity contribution in [1.82, 2.24) is 13.9 Å². The van der Waals surface area contributed by atoms with Crippen molar-refractivity contribution in [1.29, 1.82) is 0 Å². The molecule has 1 saturated heterocycles. The van der Waals surface area contributed by atoms with E-state index in [9.17, 15) is 13.2 Å². The normalized spacial score (nSPS) is 15.8. The van der Waals surface area contributed by atoms with Gasteiger partial charge in [0.15, 0.2) is 0 Å². The SMILES string of the molecule is CCCn1c(CSCC(=O)OC)nc2cc(S(=O)(=O)N3CCOCC3)ccc21. The average Bonchev–Trinajstić information content (AvgIpc) is 3.05. The van der Waals surface area contributed by atoms with Gasteiger partial charge in [0.2, 0.25) is 10.0 Å². The molecule has 2 heterocycles. The van der Waals surface area contributed by atoms with Crippen LogP contribution in [-0.4, -0.2) is 67.4 Å². The highest BCUT2D eigenvalue weighted by Crippen LogP contribution is 2.25. The van der Waals surface area contributed by atoms with Crippen LogP contribution in [-0.2, 0) is 36.6 Å². The van der Waals surface area contributed by atoms with E-state index in [1.54, 1.807) is 12.1 Å². The zero-order valence-corrected chi connectivity index (χ0v) is 17.7. The molecule has 28 heavy (non-hydrogen) atoms. The number of fused-ring (bicyclic) bond motifs is 1. The van der Waals surface area contributed by atoms with Gasteiger partial charge in [-0.2, -0.15) is 4.31 Å². The van der Waals surface area contributed by atoms with E-state index in [1.807, 2.05) is 6.07 Å². The Morgan fingerprint density at radius 3 is 2.75 bits per heavy atom. The molecule has 0 spiro atoms. The van der Waals surface area contributed by atoms with Gasteiger partial charge in [0.25, 0.3) is 0 Å². The first-order chi connectivity index (χ1) is 13.5. The molecule has 0 saturated carbocycles. The van der Waals surface area contributed by atoms with Crippen molar-refractivity contribution in [2.24, 2.45) is 0 Å². The number of carbonyl (C=O) groups is 1. The van der Waals surface area contributed by atoms with E-state index < -0.39 is 10.0 Å². The quantitative estimate of drug-likeness (QED) is 0.594. The number of hydrogen-bond donors (Lipinski definition) is 0. The van der Waals surface area contributed by atoms with Crippen molar-refractivity contribution in [3.63, 3.8) is 0 Å². The van der Waals surface area contributed by atoms with Crippen LogP contribution in [0.5, 0.6) is 0 Å². The lowest BCUT2D eigenvalue weighted by Gasteiger charge is -2.26. The summed E-state index contributed by atoms with van der Waals surface area (Å²) in [6.07, 6.45) is 0.925. The highest BCUT2D eigenvalue weighted by Gasteiger charge is 2.27. The third-order valence-electron chi connectivity index (χ3n) is 4.53. The second kappa shape index (κ2) is 9.25. The molecule has 10 heteroatoms. The van der Waals surface area contributed by atoms with Crippen molar-refractivity contribution < 1.29 is 22.7 Å². The predicted molar refractivity (Wildman–Crippen MR) is 108 cm³/mol. The van der Waals surface area contributed by atoms with Crippen LogP contribution in [0.1, 0.15) is 19.2 Å². The smallest absolute Gasteiger partial charge is 0.315 e. The molecule has 0 aliphatic carbocycles. The Bertz CT molecular complexity index is 936. The van der Waals surface area contributed by atoms with E-state index in [0.717, 1.165) is 24.3 Å². The van der Waals surface area contributed by atoms with E-state index in [-0.39, 0.29) is 16.6 Å². The summed E-state index contributed by atoms with van der Waals surface area (Å²) >= 11 is 1.43. The molecule has 1 aromatic carbocycles. The monoisotopic (exact) mass is 427 g/mol. The summed E-state index contributed by atoms with van der Waals surface area (Å²) in [6.45, 7) is 4.40. The second-order valence-corrected chi connectivity index (χ2v) is 9.34. The Morgan fingerprint density at radius 2 is 2.07 bits per heavy atom. The van der Waals surface area contributed by atoms with Gasteiger partial charge < -0.3 is 14.0 Å². The number of imidazole rings is 1. The van der Waals surface area contributed by atoms with Crippen molar-refractivity contribution in [2.75, 3.05) is 39.2 Å². The number of hydrogen-bond acceptors (Lipinski definition) is 7. The zero-order valence-electron chi connectivity index (χ0n) is 16.1. The summed E-state index contributed by atoms with van der Waals surface area (Å²) < 4.78 is 39.3. The summed E-state index contributed by atoms with van der Waals surface area (Å²) in [5.41, 5.74) is 1.55. The van der Waals surface area contributed by atoms with Crippen molar-refractivity contribution in [3.8, 4) is 0 Å². The van der Waals surface area contributed by atoms with E-state index in [2.05, 4.69) is 21.2 Å². The molecule has 2 aromatic rings. The summed E-state index contributed by atoms with van der Waals surface area (Å²) in [4.78, 5) is 16.2. The van der Waals surface area contributed by atoms with Crippen LogP contribution in [0.4, 0.5) is 0 Å². The van der Waals surface area contributed by atoms with Crippen LogP contribution in [0, 0.1) is 0 Å². The number of esters is 1. The number of aromatic nitrogens is 2.